The molecular formula is C8H16O6. The second-order valence-corrected chi connectivity index (χ2v) is 3.16. The van der Waals surface area contributed by atoms with E-state index in [2.05, 4.69) is 0 Å². The standard InChI is InChI=1S/2C4H8O3/c2*5-1-3-4(2-6)7-3/h2*3-6H,1-2H2. The number of ether oxygens (including phenoxy) is 2. The monoisotopic (exact) mass is 208 g/mol. The van der Waals surface area contributed by atoms with E-state index in [4.69, 9.17) is 29.9 Å². The van der Waals surface area contributed by atoms with Gasteiger partial charge in [-0.2, -0.15) is 0 Å². The maximum Gasteiger partial charge on any atom is 0.110 e. The minimum absolute atomic E-state index is 0.0330. The zero-order valence-corrected chi connectivity index (χ0v) is 7.74. The average molecular weight is 208 g/mol. The normalized spacial score (nSPS) is 38.6. The lowest BCUT2D eigenvalue weighted by Crippen LogP contribution is -2.02. The quantitative estimate of drug-likeness (QED) is 0.380. The molecule has 0 bridgehead atoms. The number of aliphatic hydroxyl groups excluding tert-OH is 4. The smallest absolute Gasteiger partial charge is 0.110 e. The summed E-state index contributed by atoms with van der Waals surface area (Å²) < 4.78 is 9.43. The molecule has 0 aromatic rings. The highest BCUT2D eigenvalue weighted by Crippen LogP contribution is 2.19. The van der Waals surface area contributed by atoms with Crippen molar-refractivity contribution in [3.63, 3.8) is 0 Å². The van der Waals surface area contributed by atoms with E-state index in [1.807, 2.05) is 0 Å². The Labute approximate surface area is 81.7 Å². The van der Waals surface area contributed by atoms with Gasteiger partial charge in [0, 0.05) is 0 Å². The predicted molar refractivity (Wildman–Crippen MR) is 45.7 cm³/mol. The van der Waals surface area contributed by atoms with E-state index in [9.17, 15) is 0 Å². The zero-order valence-electron chi connectivity index (χ0n) is 7.74. The molecule has 14 heavy (non-hydrogen) atoms. The molecule has 2 heterocycles. The first-order valence-corrected chi connectivity index (χ1v) is 4.51. The molecule has 0 saturated carbocycles. The van der Waals surface area contributed by atoms with Crippen molar-refractivity contribution >= 4 is 0 Å². The van der Waals surface area contributed by atoms with Gasteiger partial charge in [0.2, 0.25) is 0 Å². The highest BCUT2D eigenvalue weighted by Gasteiger charge is 2.37. The summed E-state index contributed by atoms with van der Waals surface area (Å²) in [4.78, 5) is 0. The molecular weight excluding hydrogens is 192 g/mol. The Morgan fingerprint density at radius 1 is 0.571 bits per heavy atom. The Hall–Kier alpha value is -0.240. The van der Waals surface area contributed by atoms with Crippen molar-refractivity contribution in [2.75, 3.05) is 26.4 Å². The molecule has 0 radical (unpaired) electrons. The first-order chi connectivity index (χ1) is 6.76. The second kappa shape index (κ2) is 5.59. The van der Waals surface area contributed by atoms with Crippen LogP contribution in [-0.2, 0) is 9.47 Å². The molecule has 0 spiro atoms. The summed E-state index contributed by atoms with van der Waals surface area (Å²) in [6.45, 7) is 0.132. The Bertz CT molecular complexity index is 130. The minimum Gasteiger partial charge on any atom is -0.394 e. The lowest BCUT2D eigenvalue weighted by Gasteiger charge is -1.78. The van der Waals surface area contributed by atoms with Crippen LogP contribution in [-0.4, -0.2) is 71.3 Å². The lowest BCUT2D eigenvalue weighted by molar-refractivity contribution is 0.227. The molecule has 0 amide bonds. The molecule has 84 valence electrons. The highest BCUT2D eigenvalue weighted by atomic mass is 16.6. The molecule has 6 nitrogen and oxygen atoms in total. The summed E-state index contributed by atoms with van der Waals surface area (Å²) >= 11 is 0. The van der Waals surface area contributed by atoms with Crippen molar-refractivity contribution in [1.29, 1.82) is 0 Å². The number of epoxide rings is 2. The van der Waals surface area contributed by atoms with Crippen molar-refractivity contribution in [2.45, 2.75) is 24.4 Å². The molecule has 0 aromatic carbocycles. The molecule has 2 rings (SSSR count). The minimum atomic E-state index is -0.0787. The Morgan fingerprint density at radius 2 is 0.786 bits per heavy atom. The fourth-order valence-corrected chi connectivity index (χ4v) is 1.00. The fourth-order valence-electron chi connectivity index (χ4n) is 1.00. The molecule has 4 N–H and O–H groups in total. The summed E-state index contributed by atoms with van der Waals surface area (Å²) in [6, 6.07) is 0. The second-order valence-electron chi connectivity index (χ2n) is 3.16. The Balaban J connectivity index is 0.000000140. The van der Waals surface area contributed by atoms with Crippen LogP contribution in [0.4, 0.5) is 0 Å². The number of aliphatic hydroxyl groups is 4. The van der Waals surface area contributed by atoms with Gasteiger partial charge in [0.25, 0.3) is 0 Å². The summed E-state index contributed by atoms with van der Waals surface area (Å²) in [7, 11) is 0. The van der Waals surface area contributed by atoms with Crippen LogP contribution >= 0.6 is 0 Å². The van der Waals surface area contributed by atoms with Crippen molar-refractivity contribution < 1.29 is 29.9 Å². The van der Waals surface area contributed by atoms with E-state index < -0.39 is 0 Å². The van der Waals surface area contributed by atoms with E-state index in [0.29, 0.717) is 0 Å². The van der Waals surface area contributed by atoms with Gasteiger partial charge in [-0.05, 0) is 0 Å². The van der Waals surface area contributed by atoms with Gasteiger partial charge in [-0.25, -0.2) is 0 Å². The van der Waals surface area contributed by atoms with Gasteiger partial charge in [0.15, 0.2) is 0 Å². The largest absolute Gasteiger partial charge is 0.394 e. The van der Waals surface area contributed by atoms with Crippen LogP contribution in [0.2, 0.25) is 0 Å². The SMILES string of the molecule is OCC1OC1CO.OCC1OC1CO. The summed E-state index contributed by atoms with van der Waals surface area (Å²) in [5.74, 6) is 0. The number of hydrogen-bond donors (Lipinski definition) is 4. The molecule has 2 fully saturated rings. The van der Waals surface area contributed by atoms with E-state index >= 15 is 0 Å². The molecule has 0 aliphatic carbocycles. The van der Waals surface area contributed by atoms with E-state index in [1.54, 1.807) is 0 Å². The summed E-state index contributed by atoms with van der Waals surface area (Å²) in [6.07, 6.45) is -0.315. The average Bonchev–Trinajstić information content (AvgIpc) is 3.12. The predicted octanol–water partition coefficient (Wildman–Crippen LogP) is -2.52. The van der Waals surface area contributed by atoms with Crippen LogP contribution in [0.1, 0.15) is 0 Å². The third-order valence-corrected chi connectivity index (χ3v) is 2.10. The number of hydrogen-bond acceptors (Lipinski definition) is 6. The van der Waals surface area contributed by atoms with Crippen molar-refractivity contribution in [3.05, 3.63) is 0 Å². The summed E-state index contributed by atoms with van der Waals surface area (Å²) in [5, 5.41) is 33.1. The van der Waals surface area contributed by atoms with Gasteiger partial charge in [-0.1, -0.05) is 0 Å². The van der Waals surface area contributed by atoms with Gasteiger partial charge < -0.3 is 29.9 Å². The molecule has 4 unspecified atom stereocenters. The fraction of sp³-hybridized carbons (Fsp3) is 1.00. The molecule has 2 saturated heterocycles. The highest BCUT2D eigenvalue weighted by molar-refractivity contribution is 4.83. The van der Waals surface area contributed by atoms with E-state index in [0.717, 1.165) is 0 Å². The third kappa shape index (κ3) is 3.49. The molecule has 4 atom stereocenters. The van der Waals surface area contributed by atoms with Crippen LogP contribution in [0.3, 0.4) is 0 Å². The Morgan fingerprint density at radius 3 is 0.857 bits per heavy atom. The van der Waals surface area contributed by atoms with E-state index in [1.165, 1.54) is 0 Å². The van der Waals surface area contributed by atoms with Crippen LogP contribution in [0.5, 0.6) is 0 Å². The van der Waals surface area contributed by atoms with Gasteiger partial charge >= 0.3 is 0 Å². The third-order valence-electron chi connectivity index (χ3n) is 2.10. The van der Waals surface area contributed by atoms with Gasteiger partial charge in [-0.3, -0.25) is 0 Å². The topological polar surface area (TPSA) is 106 Å². The molecule has 6 heteroatoms. The van der Waals surface area contributed by atoms with Crippen LogP contribution in [0.25, 0.3) is 0 Å². The molecule has 0 aromatic heterocycles. The van der Waals surface area contributed by atoms with Crippen molar-refractivity contribution in [3.8, 4) is 0 Å². The Kier molecular flexibility index (Phi) is 4.73. The van der Waals surface area contributed by atoms with Gasteiger partial charge in [0.05, 0.1) is 26.4 Å². The van der Waals surface area contributed by atoms with Crippen LogP contribution in [0, 0.1) is 0 Å². The first kappa shape index (κ1) is 11.8. The molecule has 2 aliphatic rings. The van der Waals surface area contributed by atoms with Gasteiger partial charge in [-0.15, -0.1) is 0 Å². The summed E-state index contributed by atoms with van der Waals surface area (Å²) in [5.41, 5.74) is 0. The van der Waals surface area contributed by atoms with E-state index in [-0.39, 0.29) is 50.8 Å². The first-order valence-electron chi connectivity index (χ1n) is 4.51. The number of rotatable bonds is 4. The zero-order chi connectivity index (χ0) is 10.6. The van der Waals surface area contributed by atoms with Crippen LogP contribution in [0.15, 0.2) is 0 Å². The lowest BCUT2D eigenvalue weighted by atomic mass is 10.3. The maximum absolute atomic E-state index is 8.27. The molecule has 2 aliphatic heterocycles. The van der Waals surface area contributed by atoms with Crippen molar-refractivity contribution in [1.82, 2.24) is 0 Å². The maximum atomic E-state index is 8.27. The van der Waals surface area contributed by atoms with Gasteiger partial charge in [0.1, 0.15) is 24.4 Å². The van der Waals surface area contributed by atoms with Crippen LogP contribution < -0.4 is 0 Å². The van der Waals surface area contributed by atoms with Crippen molar-refractivity contribution in [2.24, 2.45) is 0 Å².